The lowest BCUT2D eigenvalue weighted by Gasteiger charge is -2.10. The highest BCUT2D eigenvalue weighted by Crippen LogP contribution is 2.27. The molecule has 76 valence electrons. The highest BCUT2D eigenvalue weighted by Gasteiger charge is 2.13. The number of carbonyl (C=O) groups excluding carboxylic acids is 1. The van der Waals surface area contributed by atoms with Crippen molar-refractivity contribution in [3.63, 3.8) is 0 Å². The van der Waals surface area contributed by atoms with Gasteiger partial charge in [-0.25, -0.2) is 4.39 Å². The molecule has 0 unspecified atom stereocenters. The average molecular weight is 196 g/mol. The van der Waals surface area contributed by atoms with Crippen LogP contribution in [-0.4, -0.2) is 10.9 Å². The van der Waals surface area contributed by atoms with E-state index in [4.69, 9.17) is 0 Å². The summed E-state index contributed by atoms with van der Waals surface area (Å²) in [7, 11) is 0. The summed E-state index contributed by atoms with van der Waals surface area (Å²) in [6, 6.07) is 1.27. The molecule has 0 saturated heterocycles. The molecule has 0 heterocycles. The Hall–Kier alpha value is -1.38. The van der Waals surface area contributed by atoms with Crippen LogP contribution in [0.25, 0.3) is 0 Å². The quantitative estimate of drug-likeness (QED) is 0.787. The first-order valence-corrected chi connectivity index (χ1v) is 4.40. The van der Waals surface area contributed by atoms with E-state index >= 15 is 0 Å². The van der Waals surface area contributed by atoms with Crippen LogP contribution in [0.3, 0.4) is 0 Å². The van der Waals surface area contributed by atoms with Gasteiger partial charge in [0.25, 0.3) is 0 Å². The second-order valence-electron chi connectivity index (χ2n) is 3.51. The fourth-order valence-electron chi connectivity index (χ4n) is 1.39. The number of aryl methyl sites for hydroxylation is 1. The van der Waals surface area contributed by atoms with Gasteiger partial charge in [-0.3, -0.25) is 4.79 Å². The number of benzene rings is 1. The Balaban J connectivity index is 3.31. The first-order valence-electron chi connectivity index (χ1n) is 4.40. The van der Waals surface area contributed by atoms with Crippen molar-refractivity contribution >= 4 is 5.78 Å². The number of carbonyl (C=O) groups is 1. The second-order valence-corrected chi connectivity index (χ2v) is 3.51. The number of aromatic hydroxyl groups is 1. The molecule has 0 radical (unpaired) electrons. The van der Waals surface area contributed by atoms with Gasteiger partial charge in [-0.2, -0.15) is 0 Å². The van der Waals surface area contributed by atoms with Crippen molar-refractivity contribution in [2.75, 3.05) is 0 Å². The van der Waals surface area contributed by atoms with Crippen LogP contribution < -0.4 is 0 Å². The zero-order valence-corrected chi connectivity index (χ0v) is 8.52. The molecule has 0 spiro atoms. The molecule has 1 aromatic rings. The molecule has 14 heavy (non-hydrogen) atoms. The molecule has 1 aromatic carbocycles. The predicted octanol–water partition coefficient (Wildman–Crippen LogP) is 2.28. The fraction of sp³-hybridized carbons (Fsp3) is 0.364. The maximum atomic E-state index is 13.2. The molecule has 0 aliphatic carbocycles. The molecule has 3 heteroatoms. The molecule has 0 amide bonds. The van der Waals surface area contributed by atoms with Gasteiger partial charge >= 0.3 is 0 Å². The maximum absolute atomic E-state index is 13.2. The molecule has 0 bridgehead atoms. The Morgan fingerprint density at radius 1 is 1.50 bits per heavy atom. The zero-order valence-electron chi connectivity index (χ0n) is 8.52. The topological polar surface area (TPSA) is 37.3 Å². The number of phenols is 1. The van der Waals surface area contributed by atoms with Gasteiger partial charge in [0.2, 0.25) is 0 Å². The van der Waals surface area contributed by atoms with Crippen LogP contribution in [0, 0.1) is 19.7 Å². The lowest BCUT2D eigenvalue weighted by Crippen LogP contribution is -2.02. The van der Waals surface area contributed by atoms with Crippen molar-refractivity contribution in [1.29, 1.82) is 0 Å². The largest absolute Gasteiger partial charge is 0.507 e. The Morgan fingerprint density at radius 3 is 2.57 bits per heavy atom. The number of rotatable bonds is 2. The van der Waals surface area contributed by atoms with E-state index in [1.807, 2.05) is 0 Å². The van der Waals surface area contributed by atoms with E-state index in [0.29, 0.717) is 16.7 Å². The lowest BCUT2D eigenvalue weighted by atomic mass is 9.99. The minimum atomic E-state index is -0.378. The number of ketones is 1. The number of Topliss-reactive ketones (excluding diaryl/α,β-unsaturated/α-hetero) is 1. The van der Waals surface area contributed by atoms with Crippen molar-refractivity contribution in [3.05, 3.63) is 28.6 Å². The second kappa shape index (κ2) is 3.78. The van der Waals surface area contributed by atoms with Gasteiger partial charge in [-0.1, -0.05) is 0 Å². The van der Waals surface area contributed by atoms with E-state index in [1.54, 1.807) is 13.8 Å². The third kappa shape index (κ3) is 1.92. The number of hydrogen-bond acceptors (Lipinski definition) is 2. The van der Waals surface area contributed by atoms with Gasteiger partial charge in [0.1, 0.15) is 17.3 Å². The molecule has 0 atom stereocenters. The summed E-state index contributed by atoms with van der Waals surface area (Å²) in [5.74, 6) is -0.441. The third-order valence-electron chi connectivity index (χ3n) is 2.24. The van der Waals surface area contributed by atoms with Crippen LogP contribution in [0.4, 0.5) is 4.39 Å². The molecule has 0 fully saturated rings. The molecule has 0 aliphatic rings. The molecule has 2 nitrogen and oxygen atoms in total. The molecule has 0 aliphatic heterocycles. The summed E-state index contributed by atoms with van der Waals surface area (Å²) in [4.78, 5) is 10.9. The van der Waals surface area contributed by atoms with Gasteiger partial charge in [0, 0.05) is 12.0 Å². The van der Waals surface area contributed by atoms with E-state index in [-0.39, 0.29) is 23.8 Å². The standard InChI is InChI=1S/C11H13FO2/c1-6-4-10(12)8(3)9(11(6)14)5-7(2)13/h4,14H,5H2,1-3H3. The third-order valence-corrected chi connectivity index (χ3v) is 2.24. The van der Waals surface area contributed by atoms with Crippen LogP contribution in [0.5, 0.6) is 5.75 Å². The van der Waals surface area contributed by atoms with Crippen LogP contribution in [0.1, 0.15) is 23.6 Å². The van der Waals surface area contributed by atoms with E-state index in [9.17, 15) is 14.3 Å². The summed E-state index contributed by atoms with van der Waals surface area (Å²) < 4.78 is 13.2. The van der Waals surface area contributed by atoms with Crippen molar-refractivity contribution in [2.24, 2.45) is 0 Å². The monoisotopic (exact) mass is 196 g/mol. The smallest absolute Gasteiger partial charge is 0.134 e. The Labute approximate surface area is 82.4 Å². The Morgan fingerprint density at radius 2 is 2.07 bits per heavy atom. The Bertz CT molecular complexity index is 357. The summed E-state index contributed by atoms with van der Waals surface area (Å²) in [6.07, 6.45) is 0.0796. The van der Waals surface area contributed by atoms with Crippen LogP contribution in [0.15, 0.2) is 6.07 Å². The summed E-state index contributed by atoms with van der Waals surface area (Å²) >= 11 is 0. The van der Waals surface area contributed by atoms with Crippen molar-refractivity contribution in [2.45, 2.75) is 27.2 Å². The lowest BCUT2D eigenvalue weighted by molar-refractivity contribution is -0.116. The van der Waals surface area contributed by atoms with E-state index in [1.165, 1.54) is 13.0 Å². The SMILES string of the molecule is CC(=O)Cc1c(C)c(F)cc(C)c1O. The highest BCUT2D eigenvalue weighted by atomic mass is 19.1. The molecular weight excluding hydrogens is 183 g/mol. The number of hydrogen-bond donors (Lipinski definition) is 1. The number of halogens is 1. The van der Waals surface area contributed by atoms with Crippen LogP contribution in [0.2, 0.25) is 0 Å². The van der Waals surface area contributed by atoms with Gasteiger partial charge < -0.3 is 5.11 Å². The van der Waals surface area contributed by atoms with Gasteiger partial charge in [0.05, 0.1) is 0 Å². The maximum Gasteiger partial charge on any atom is 0.134 e. The molecule has 0 aromatic heterocycles. The normalized spacial score (nSPS) is 10.3. The van der Waals surface area contributed by atoms with Crippen molar-refractivity contribution < 1.29 is 14.3 Å². The first-order chi connectivity index (χ1) is 6.43. The minimum absolute atomic E-state index is 0.0269. The van der Waals surface area contributed by atoms with Crippen molar-refractivity contribution in [1.82, 2.24) is 0 Å². The van der Waals surface area contributed by atoms with E-state index in [0.717, 1.165) is 0 Å². The minimum Gasteiger partial charge on any atom is -0.507 e. The van der Waals surface area contributed by atoms with Crippen LogP contribution in [-0.2, 0) is 11.2 Å². The van der Waals surface area contributed by atoms with E-state index < -0.39 is 0 Å². The molecule has 1 rings (SSSR count). The Kier molecular flexibility index (Phi) is 2.89. The van der Waals surface area contributed by atoms with Gasteiger partial charge in [-0.15, -0.1) is 0 Å². The summed E-state index contributed by atoms with van der Waals surface area (Å²) in [5, 5.41) is 9.63. The van der Waals surface area contributed by atoms with E-state index in [2.05, 4.69) is 0 Å². The average Bonchev–Trinajstić information content (AvgIpc) is 2.09. The highest BCUT2D eigenvalue weighted by molar-refractivity contribution is 5.79. The number of phenolic OH excluding ortho intramolecular Hbond substituents is 1. The van der Waals surface area contributed by atoms with Crippen LogP contribution >= 0.6 is 0 Å². The van der Waals surface area contributed by atoms with Gasteiger partial charge in [0.15, 0.2) is 0 Å². The molecular formula is C11H13FO2. The summed E-state index contributed by atoms with van der Waals surface area (Å²) in [6.45, 7) is 4.59. The zero-order chi connectivity index (χ0) is 10.9. The van der Waals surface area contributed by atoms with Crippen molar-refractivity contribution in [3.8, 4) is 5.75 Å². The predicted molar refractivity (Wildman–Crippen MR) is 51.9 cm³/mol. The molecule has 1 N–H and O–H groups in total. The van der Waals surface area contributed by atoms with Gasteiger partial charge in [-0.05, 0) is 38.0 Å². The summed E-state index contributed by atoms with van der Waals surface area (Å²) in [5.41, 5.74) is 1.21. The molecule has 0 saturated carbocycles. The fourth-order valence-corrected chi connectivity index (χ4v) is 1.39. The first kappa shape index (κ1) is 10.7.